The molecule has 0 saturated carbocycles. The molecule has 7 nitrogen and oxygen atoms in total. The van der Waals surface area contributed by atoms with Crippen molar-refractivity contribution in [3.8, 4) is 0 Å². The van der Waals surface area contributed by atoms with Crippen LogP contribution >= 0.6 is 0 Å². The molecule has 0 atom stereocenters. The van der Waals surface area contributed by atoms with Crippen molar-refractivity contribution in [3.63, 3.8) is 0 Å². The van der Waals surface area contributed by atoms with Crippen LogP contribution in [0.5, 0.6) is 0 Å². The molecule has 0 fully saturated rings. The smallest absolute Gasteiger partial charge is 0.310 e. The zero-order valence-corrected chi connectivity index (χ0v) is 15.2. The molecule has 3 heterocycles. The first-order chi connectivity index (χ1) is 12.4. The predicted molar refractivity (Wildman–Crippen MR) is 102 cm³/mol. The fourth-order valence-corrected chi connectivity index (χ4v) is 3.51. The molecule has 0 radical (unpaired) electrons. The quantitative estimate of drug-likeness (QED) is 0.676. The monoisotopic (exact) mass is 351 g/mol. The van der Waals surface area contributed by atoms with Gasteiger partial charge in [-0.1, -0.05) is 12.1 Å². The minimum absolute atomic E-state index is 0.183. The number of aryl methyl sites for hydroxylation is 3. The van der Waals surface area contributed by atoms with Gasteiger partial charge in [0.25, 0.3) is 5.56 Å². The molecule has 2 aromatic heterocycles. The van der Waals surface area contributed by atoms with Crippen LogP contribution in [0, 0.1) is 13.8 Å². The van der Waals surface area contributed by atoms with Gasteiger partial charge in [-0.15, -0.1) is 6.58 Å². The number of allylic oxidation sites excluding steroid dienone is 1. The Kier molecular flexibility index (Phi) is 3.61. The lowest BCUT2D eigenvalue weighted by Gasteiger charge is -2.17. The summed E-state index contributed by atoms with van der Waals surface area (Å²) in [5.74, 6) is 0.701. The third-order valence-electron chi connectivity index (χ3n) is 5.11. The number of anilines is 2. The Labute approximate surface area is 150 Å². The summed E-state index contributed by atoms with van der Waals surface area (Å²) in [4.78, 5) is 32.1. The van der Waals surface area contributed by atoms with Crippen molar-refractivity contribution in [1.29, 1.82) is 0 Å². The molecule has 0 amide bonds. The molecule has 134 valence electrons. The van der Waals surface area contributed by atoms with E-state index in [2.05, 4.69) is 48.5 Å². The standard InChI is InChI=1S/C19H21N5O2/c1-5-8-24-17(25)15-16(21(4)19(24)26)20-18-22(9-10-23(15)18)14-7-6-12(2)13(3)11-14/h5-7,11H,1,8-10H2,2-4H3. The summed E-state index contributed by atoms with van der Waals surface area (Å²) in [6.07, 6.45) is 1.55. The highest BCUT2D eigenvalue weighted by Crippen LogP contribution is 2.32. The molecule has 7 heteroatoms. The molecular formula is C19H21N5O2. The maximum atomic E-state index is 12.9. The molecule has 1 aliphatic heterocycles. The van der Waals surface area contributed by atoms with Gasteiger partial charge in [-0.2, -0.15) is 4.98 Å². The summed E-state index contributed by atoms with van der Waals surface area (Å²) in [5.41, 5.74) is 3.67. The Morgan fingerprint density at radius 1 is 1.19 bits per heavy atom. The van der Waals surface area contributed by atoms with E-state index in [0.29, 0.717) is 23.7 Å². The van der Waals surface area contributed by atoms with Crippen molar-refractivity contribution in [2.24, 2.45) is 7.05 Å². The van der Waals surface area contributed by atoms with Crippen molar-refractivity contribution >= 4 is 22.8 Å². The van der Waals surface area contributed by atoms with E-state index in [-0.39, 0.29) is 17.8 Å². The highest BCUT2D eigenvalue weighted by Gasteiger charge is 2.28. The minimum Gasteiger partial charge on any atom is -0.310 e. The van der Waals surface area contributed by atoms with Crippen LogP contribution in [0.25, 0.3) is 11.2 Å². The molecule has 0 unspecified atom stereocenters. The lowest BCUT2D eigenvalue weighted by atomic mass is 10.1. The third-order valence-corrected chi connectivity index (χ3v) is 5.11. The van der Waals surface area contributed by atoms with Crippen LogP contribution in [0.3, 0.4) is 0 Å². The van der Waals surface area contributed by atoms with Crippen molar-refractivity contribution in [3.05, 3.63) is 62.8 Å². The molecule has 0 aliphatic carbocycles. The summed E-state index contributed by atoms with van der Waals surface area (Å²) >= 11 is 0. The van der Waals surface area contributed by atoms with Gasteiger partial charge < -0.3 is 9.47 Å². The Morgan fingerprint density at radius 3 is 2.65 bits per heavy atom. The SMILES string of the molecule is C=CCn1c(=O)c2c(nc3n2CCN3c2ccc(C)c(C)c2)n(C)c1=O. The second-order valence-corrected chi connectivity index (χ2v) is 6.70. The van der Waals surface area contributed by atoms with Gasteiger partial charge in [0.05, 0.1) is 0 Å². The summed E-state index contributed by atoms with van der Waals surface area (Å²) in [7, 11) is 1.65. The van der Waals surface area contributed by atoms with Crippen molar-refractivity contribution in [2.75, 3.05) is 11.4 Å². The second-order valence-electron chi connectivity index (χ2n) is 6.70. The maximum Gasteiger partial charge on any atom is 0.332 e. The van der Waals surface area contributed by atoms with Gasteiger partial charge in [-0.05, 0) is 37.1 Å². The molecule has 3 aromatic rings. The summed E-state index contributed by atoms with van der Waals surface area (Å²) in [6.45, 7) is 9.37. The minimum atomic E-state index is -0.378. The van der Waals surface area contributed by atoms with Crippen LogP contribution < -0.4 is 16.1 Å². The first kappa shape index (κ1) is 16.4. The lowest BCUT2D eigenvalue weighted by Crippen LogP contribution is -2.39. The van der Waals surface area contributed by atoms with Crippen LogP contribution in [0.4, 0.5) is 11.6 Å². The maximum absolute atomic E-state index is 12.9. The third kappa shape index (κ3) is 2.16. The molecule has 26 heavy (non-hydrogen) atoms. The average molecular weight is 351 g/mol. The van der Waals surface area contributed by atoms with E-state index in [1.165, 1.54) is 20.3 Å². The number of aromatic nitrogens is 4. The average Bonchev–Trinajstić information content (AvgIpc) is 3.18. The van der Waals surface area contributed by atoms with Gasteiger partial charge in [-0.3, -0.25) is 13.9 Å². The number of benzene rings is 1. The molecule has 1 aromatic carbocycles. The summed E-state index contributed by atoms with van der Waals surface area (Å²) in [5, 5.41) is 0. The topological polar surface area (TPSA) is 65.1 Å². The van der Waals surface area contributed by atoms with Gasteiger partial charge in [0.15, 0.2) is 11.2 Å². The Hall–Kier alpha value is -3.09. The summed E-state index contributed by atoms with van der Waals surface area (Å²) in [6, 6.07) is 6.27. The fraction of sp³-hybridized carbons (Fsp3) is 0.316. The highest BCUT2D eigenvalue weighted by atomic mass is 16.2. The first-order valence-electron chi connectivity index (χ1n) is 8.59. The summed E-state index contributed by atoms with van der Waals surface area (Å²) < 4.78 is 4.54. The normalized spacial score (nSPS) is 13.4. The first-order valence-corrected chi connectivity index (χ1v) is 8.59. The molecule has 0 N–H and O–H groups in total. The van der Waals surface area contributed by atoms with Crippen LogP contribution in [0.15, 0.2) is 40.4 Å². The van der Waals surface area contributed by atoms with E-state index in [1.54, 1.807) is 13.1 Å². The molecule has 4 rings (SSSR count). The van der Waals surface area contributed by atoms with Crippen molar-refractivity contribution < 1.29 is 0 Å². The Balaban J connectivity index is 1.96. The molecular weight excluding hydrogens is 330 g/mol. The van der Waals surface area contributed by atoms with Gasteiger partial charge in [-0.25, -0.2) is 4.79 Å². The lowest BCUT2D eigenvalue weighted by molar-refractivity contribution is 0.662. The Bertz CT molecular complexity index is 1170. The van der Waals surface area contributed by atoms with Crippen molar-refractivity contribution in [2.45, 2.75) is 26.9 Å². The van der Waals surface area contributed by atoms with Crippen LogP contribution in [0.2, 0.25) is 0 Å². The van der Waals surface area contributed by atoms with Crippen LogP contribution in [-0.4, -0.2) is 25.2 Å². The van der Waals surface area contributed by atoms with E-state index >= 15 is 0 Å². The Morgan fingerprint density at radius 2 is 1.96 bits per heavy atom. The van der Waals surface area contributed by atoms with E-state index in [4.69, 9.17) is 0 Å². The van der Waals surface area contributed by atoms with Crippen molar-refractivity contribution in [1.82, 2.24) is 18.7 Å². The molecule has 0 spiro atoms. The highest BCUT2D eigenvalue weighted by molar-refractivity contribution is 5.77. The number of nitrogens with zero attached hydrogens (tertiary/aromatic N) is 5. The molecule has 0 bridgehead atoms. The van der Waals surface area contributed by atoms with E-state index in [0.717, 1.165) is 12.2 Å². The van der Waals surface area contributed by atoms with Gasteiger partial charge in [0, 0.05) is 32.4 Å². The largest absolute Gasteiger partial charge is 0.332 e. The van der Waals surface area contributed by atoms with Crippen LogP contribution in [-0.2, 0) is 20.1 Å². The number of hydrogen-bond donors (Lipinski definition) is 0. The van der Waals surface area contributed by atoms with E-state index < -0.39 is 0 Å². The number of imidazole rings is 1. The zero-order valence-electron chi connectivity index (χ0n) is 15.2. The molecule has 0 saturated heterocycles. The van der Waals surface area contributed by atoms with Gasteiger partial charge in [0.1, 0.15) is 0 Å². The predicted octanol–water partition coefficient (Wildman–Crippen LogP) is 1.85. The van der Waals surface area contributed by atoms with E-state index in [1.807, 2.05) is 4.57 Å². The van der Waals surface area contributed by atoms with E-state index in [9.17, 15) is 9.59 Å². The fourth-order valence-electron chi connectivity index (χ4n) is 3.51. The van der Waals surface area contributed by atoms with Gasteiger partial charge in [0.2, 0.25) is 5.95 Å². The van der Waals surface area contributed by atoms with Gasteiger partial charge >= 0.3 is 5.69 Å². The number of hydrogen-bond acceptors (Lipinski definition) is 4. The number of rotatable bonds is 3. The van der Waals surface area contributed by atoms with Crippen LogP contribution in [0.1, 0.15) is 11.1 Å². The second kappa shape index (κ2) is 5.72. The number of fused-ring (bicyclic) bond motifs is 3. The zero-order chi connectivity index (χ0) is 18.6. The molecule has 1 aliphatic rings.